The van der Waals surface area contributed by atoms with Crippen molar-refractivity contribution in [1.29, 1.82) is 0 Å². The molecule has 3 atom stereocenters. The van der Waals surface area contributed by atoms with Crippen LogP contribution in [-0.2, 0) is 18.4 Å². The second kappa shape index (κ2) is 33.8. The summed E-state index contributed by atoms with van der Waals surface area (Å²) in [6.07, 6.45) is 38.2. The van der Waals surface area contributed by atoms with Gasteiger partial charge in [-0.05, 0) is 32.1 Å². The SMILES string of the molecule is CCCCCCCCCCCCC=CC[C@@H](O)[C@H](COP(=O)(O)OCC[N+](C)(C)C)NC(=O)CC=CCCCCCCCCCCCCCC. The molecule has 3 N–H and O–H groups in total. The van der Waals surface area contributed by atoms with Gasteiger partial charge in [0.15, 0.2) is 0 Å². The number of phosphoric ester groups is 1. The van der Waals surface area contributed by atoms with Gasteiger partial charge in [-0.2, -0.15) is 0 Å². The van der Waals surface area contributed by atoms with Crippen LogP contribution in [0.1, 0.15) is 181 Å². The molecule has 9 heteroatoms. The normalized spacial score (nSPS) is 14.8. The number of nitrogens with zero attached hydrogens (tertiary/aromatic N) is 1. The van der Waals surface area contributed by atoms with Gasteiger partial charge in [0.05, 0.1) is 39.9 Å². The molecular formula is C41H82N2O6P+. The van der Waals surface area contributed by atoms with Crippen LogP contribution >= 0.6 is 7.82 Å². The average Bonchev–Trinajstić information content (AvgIpc) is 3.06. The summed E-state index contributed by atoms with van der Waals surface area (Å²) in [5, 5.41) is 13.8. The van der Waals surface area contributed by atoms with Crippen molar-refractivity contribution in [2.45, 2.75) is 193 Å². The highest BCUT2D eigenvalue weighted by Gasteiger charge is 2.28. The zero-order valence-corrected chi connectivity index (χ0v) is 34.3. The van der Waals surface area contributed by atoms with E-state index in [1.54, 1.807) is 0 Å². The Bertz CT molecular complexity index is 876. The van der Waals surface area contributed by atoms with Gasteiger partial charge >= 0.3 is 7.82 Å². The molecule has 0 rings (SSSR count). The van der Waals surface area contributed by atoms with E-state index in [-0.39, 0.29) is 25.5 Å². The Labute approximate surface area is 309 Å². The summed E-state index contributed by atoms with van der Waals surface area (Å²) in [5.41, 5.74) is 0. The Hall–Kier alpha value is -1.02. The highest BCUT2D eigenvalue weighted by molar-refractivity contribution is 7.47. The summed E-state index contributed by atoms with van der Waals surface area (Å²) < 4.78 is 23.5. The number of rotatable bonds is 37. The molecule has 0 aliphatic heterocycles. The minimum absolute atomic E-state index is 0.0581. The first kappa shape index (κ1) is 49.0. The van der Waals surface area contributed by atoms with Gasteiger partial charge in [0, 0.05) is 6.42 Å². The molecule has 0 aliphatic carbocycles. The quantitative estimate of drug-likeness (QED) is 0.0254. The minimum Gasteiger partial charge on any atom is -0.391 e. The number of carbonyl (C=O) groups is 1. The molecule has 0 aromatic heterocycles. The van der Waals surface area contributed by atoms with Gasteiger partial charge in [-0.15, -0.1) is 0 Å². The minimum atomic E-state index is -4.33. The molecule has 0 saturated carbocycles. The van der Waals surface area contributed by atoms with Crippen LogP contribution in [0.2, 0.25) is 0 Å². The zero-order valence-electron chi connectivity index (χ0n) is 33.4. The first-order valence-corrected chi connectivity index (χ1v) is 22.2. The molecule has 1 unspecified atom stereocenters. The van der Waals surface area contributed by atoms with E-state index in [0.717, 1.165) is 25.7 Å². The maximum absolute atomic E-state index is 12.8. The second-order valence-corrected chi connectivity index (χ2v) is 16.8. The molecule has 0 aromatic carbocycles. The van der Waals surface area contributed by atoms with E-state index >= 15 is 0 Å². The van der Waals surface area contributed by atoms with Crippen LogP contribution in [0.15, 0.2) is 24.3 Å². The number of allylic oxidation sites excluding steroid dienone is 2. The van der Waals surface area contributed by atoms with Crippen LogP contribution < -0.4 is 5.32 Å². The van der Waals surface area contributed by atoms with Crippen LogP contribution in [0.25, 0.3) is 0 Å². The highest BCUT2D eigenvalue weighted by Crippen LogP contribution is 2.43. The predicted molar refractivity (Wildman–Crippen MR) is 212 cm³/mol. The van der Waals surface area contributed by atoms with Gasteiger partial charge in [-0.3, -0.25) is 13.8 Å². The lowest BCUT2D eigenvalue weighted by atomic mass is 10.0. The van der Waals surface area contributed by atoms with Crippen molar-refractivity contribution in [3.05, 3.63) is 24.3 Å². The smallest absolute Gasteiger partial charge is 0.391 e. The number of aliphatic hydroxyl groups excluding tert-OH is 1. The topological polar surface area (TPSA) is 105 Å². The van der Waals surface area contributed by atoms with Gasteiger partial charge in [0.1, 0.15) is 13.2 Å². The fourth-order valence-corrected chi connectivity index (χ4v) is 6.57. The van der Waals surface area contributed by atoms with Gasteiger partial charge < -0.3 is 19.8 Å². The number of carbonyl (C=O) groups excluding carboxylic acids is 1. The highest BCUT2D eigenvalue weighted by atomic mass is 31.2. The molecule has 0 aromatic rings. The summed E-state index contributed by atoms with van der Waals surface area (Å²) in [7, 11) is 1.56. The largest absolute Gasteiger partial charge is 0.472 e. The summed E-state index contributed by atoms with van der Waals surface area (Å²) in [6, 6.07) is -0.836. The van der Waals surface area contributed by atoms with Crippen molar-refractivity contribution < 1.29 is 32.9 Å². The maximum atomic E-state index is 12.8. The third kappa shape index (κ3) is 35.4. The lowest BCUT2D eigenvalue weighted by Crippen LogP contribution is -2.46. The number of aliphatic hydroxyl groups is 1. The van der Waals surface area contributed by atoms with Crippen molar-refractivity contribution in [1.82, 2.24) is 5.32 Å². The van der Waals surface area contributed by atoms with E-state index in [1.165, 1.54) is 128 Å². The molecule has 0 aliphatic rings. The van der Waals surface area contributed by atoms with Crippen LogP contribution in [0.3, 0.4) is 0 Å². The van der Waals surface area contributed by atoms with E-state index in [9.17, 15) is 19.4 Å². The van der Waals surface area contributed by atoms with Crippen molar-refractivity contribution in [2.24, 2.45) is 0 Å². The zero-order chi connectivity index (χ0) is 37.2. The van der Waals surface area contributed by atoms with E-state index in [0.29, 0.717) is 17.4 Å². The monoisotopic (exact) mass is 730 g/mol. The fourth-order valence-electron chi connectivity index (χ4n) is 5.84. The molecule has 0 heterocycles. The number of phosphoric acid groups is 1. The molecular weight excluding hydrogens is 647 g/mol. The van der Waals surface area contributed by atoms with Crippen molar-refractivity contribution >= 4 is 13.7 Å². The average molecular weight is 730 g/mol. The van der Waals surface area contributed by atoms with Gasteiger partial charge in [-0.1, -0.05) is 167 Å². The van der Waals surface area contributed by atoms with Crippen molar-refractivity contribution in [2.75, 3.05) is 40.9 Å². The van der Waals surface area contributed by atoms with E-state index in [2.05, 4.69) is 31.3 Å². The summed E-state index contributed by atoms with van der Waals surface area (Å²) >= 11 is 0. The maximum Gasteiger partial charge on any atom is 0.472 e. The van der Waals surface area contributed by atoms with Crippen LogP contribution in [0.5, 0.6) is 0 Å². The number of likely N-dealkylation sites (N-methyl/N-ethyl adjacent to an activating group) is 1. The first-order valence-electron chi connectivity index (χ1n) is 20.7. The number of quaternary nitrogens is 1. The van der Waals surface area contributed by atoms with E-state index in [1.807, 2.05) is 33.3 Å². The lowest BCUT2D eigenvalue weighted by Gasteiger charge is -2.26. The molecule has 1 amide bonds. The van der Waals surface area contributed by atoms with E-state index in [4.69, 9.17) is 9.05 Å². The predicted octanol–water partition coefficient (Wildman–Crippen LogP) is 11.0. The van der Waals surface area contributed by atoms with Gasteiger partial charge in [0.2, 0.25) is 5.91 Å². The third-order valence-corrected chi connectivity index (χ3v) is 10.2. The Balaban J connectivity index is 4.52. The molecule has 0 spiro atoms. The summed E-state index contributed by atoms with van der Waals surface area (Å²) in [6.45, 7) is 4.79. The Kier molecular flexibility index (Phi) is 33.1. The number of unbranched alkanes of at least 4 members (excludes halogenated alkanes) is 22. The fraction of sp³-hybridized carbons (Fsp3) is 0.878. The van der Waals surface area contributed by atoms with Crippen LogP contribution in [0.4, 0.5) is 0 Å². The Morgan fingerprint density at radius 3 is 1.52 bits per heavy atom. The van der Waals surface area contributed by atoms with Crippen molar-refractivity contribution in [3.8, 4) is 0 Å². The Morgan fingerprint density at radius 2 is 1.08 bits per heavy atom. The number of nitrogens with one attached hydrogen (secondary N) is 1. The molecule has 0 radical (unpaired) electrons. The molecule has 0 bridgehead atoms. The van der Waals surface area contributed by atoms with Crippen LogP contribution in [-0.4, -0.2) is 73.4 Å². The number of hydrogen-bond acceptors (Lipinski definition) is 5. The standard InChI is InChI=1S/C41H81N2O6P/c1-6-8-10-12-14-16-18-20-21-23-25-27-29-31-33-35-41(45)42-39(38-49-50(46,47)48-37-36-43(3,4)5)40(44)34-32-30-28-26-24-22-19-17-15-13-11-9-7-2/h30-33,39-40,44H,6-29,34-38H2,1-5H3,(H-,42,45,46,47)/p+1/t39-,40+/m0/s1. The van der Waals surface area contributed by atoms with Gasteiger partial charge in [-0.25, -0.2) is 4.57 Å². The summed E-state index contributed by atoms with van der Waals surface area (Å²) in [4.78, 5) is 23.0. The lowest BCUT2D eigenvalue weighted by molar-refractivity contribution is -0.870. The molecule has 8 nitrogen and oxygen atoms in total. The number of hydrogen-bond donors (Lipinski definition) is 3. The summed E-state index contributed by atoms with van der Waals surface area (Å²) in [5.74, 6) is -0.253. The first-order chi connectivity index (χ1) is 24.0. The van der Waals surface area contributed by atoms with Gasteiger partial charge in [0.25, 0.3) is 0 Å². The molecule has 296 valence electrons. The van der Waals surface area contributed by atoms with Crippen molar-refractivity contribution in [3.63, 3.8) is 0 Å². The second-order valence-electron chi connectivity index (χ2n) is 15.4. The molecule has 0 fully saturated rings. The Morgan fingerprint density at radius 1 is 0.660 bits per heavy atom. The number of amides is 1. The molecule has 50 heavy (non-hydrogen) atoms. The molecule has 0 saturated heterocycles. The third-order valence-electron chi connectivity index (χ3n) is 9.21. The van der Waals surface area contributed by atoms with E-state index < -0.39 is 20.0 Å². The van der Waals surface area contributed by atoms with Crippen LogP contribution in [0, 0.1) is 0 Å².